The van der Waals surface area contributed by atoms with E-state index >= 15 is 0 Å². The number of fused-ring (bicyclic) bond motifs is 5. The average molecular weight is 667 g/mol. The highest BCUT2D eigenvalue weighted by atomic mass is 32.2. The number of rotatable bonds is 8. The molecule has 11 nitrogen and oxygen atoms in total. The fourth-order valence-electron chi connectivity index (χ4n) is 6.97. The van der Waals surface area contributed by atoms with Crippen LogP contribution in [0.3, 0.4) is 0 Å². The summed E-state index contributed by atoms with van der Waals surface area (Å²) in [4.78, 5) is 29.3. The van der Waals surface area contributed by atoms with Gasteiger partial charge in [0.2, 0.25) is 0 Å². The lowest BCUT2D eigenvalue weighted by molar-refractivity contribution is -0.136. The van der Waals surface area contributed by atoms with Crippen LogP contribution in [-0.2, 0) is 31.0 Å². The Bertz CT molecular complexity index is 1790. The summed E-state index contributed by atoms with van der Waals surface area (Å²) < 4.78 is 47.0. The normalized spacial score (nSPS) is 18.5. The molecule has 47 heavy (non-hydrogen) atoms. The van der Waals surface area contributed by atoms with E-state index in [1.165, 1.54) is 26.1 Å². The summed E-state index contributed by atoms with van der Waals surface area (Å²) in [6.45, 7) is 2.00. The van der Waals surface area contributed by atoms with Gasteiger partial charge in [-0.15, -0.1) is 0 Å². The molecule has 1 atom stereocenters. The molecule has 1 saturated carbocycles. The van der Waals surface area contributed by atoms with E-state index in [9.17, 15) is 18.0 Å². The van der Waals surface area contributed by atoms with Gasteiger partial charge in [0, 0.05) is 61.9 Å². The van der Waals surface area contributed by atoms with Gasteiger partial charge in [-0.25, -0.2) is 4.72 Å². The second-order valence-corrected chi connectivity index (χ2v) is 14.3. The number of hydrogen-bond acceptors (Lipinski definition) is 7. The minimum absolute atomic E-state index is 0. The highest BCUT2D eigenvalue weighted by Gasteiger charge is 2.33. The Balaban J connectivity index is 0.00000433. The van der Waals surface area contributed by atoms with E-state index in [1.807, 2.05) is 29.2 Å². The van der Waals surface area contributed by atoms with Gasteiger partial charge in [-0.2, -0.15) is 12.7 Å². The van der Waals surface area contributed by atoms with Crippen molar-refractivity contribution in [1.82, 2.24) is 18.5 Å². The second kappa shape index (κ2) is 14.2. The lowest BCUT2D eigenvalue weighted by Gasteiger charge is -2.33. The number of ether oxygens (including phenoxy) is 3. The molecule has 6 rings (SSSR count). The zero-order chi connectivity index (χ0) is 32.6. The molecule has 1 N–H and O–H groups in total. The Labute approximate surface area is 277 Å². The SMILES string of the molecule is C.COC[C@@H]1CN(C(=O)C2=Cc3cc(OC)ccc3-c3c(C4CCCCC4)c4ccc(C(=O)NS(=O)(=O)N(C)C)cc4n3C2)CCO1. The third-order valence-electron chi connectivity index (χ3n) is 9.31. The first-order valence-electron chi connectivity index (χ1n) is 15.8. The molecule has 12 heteroatoms. The highest BCUT2D eigenvalue weighted by molar-refractivity contribution is 7.87. The van der Waals surface area contributed by atoms with Gasteiger partial charge in [0.05, 0.1) is 38.7 Å². The highest BCUT2D eigenvalue weighted by Crippen LogP contribution is 2.47. The summed E-state index contributed by atoms with van der Waals surface area (Å²) >= 11 is 0. The number of nitrogens with zero attached hydrogens (tertiary/aromatic N) is 3. The summed E-state index contributed by atoms with van der Waals surface area (Å²) in [6, 6.07) is 11.3. The van der Waals surface area contributed by atoms with Gasteiger partial charge in [0.1, 0.15) is 5.75 Å². The Morgan fingerprint density at radius 2 is 1.83 bits per heavy atom. The van der Waals surface area contributed by atoms with Gasteiger partial charge in [0.15, 0.2) is 0 Å². The monoisotopic (exact) mass is 666 g/mol. The molecular formula is C35H46N4O7S. The minimum atomic E-state index is -3.99. The molecule has 0 spiro atoms. The van der Waals surface area contributed by atoms with Crippen LogP contribution in [0.1, 0.15) is 66.9 Å². The van der Waals surface area contributed by atoms with E-state index in [2.05, 4.69) is 15.4 Å². The van der Waals surface area contributed by atoms with Crippen LogP contribution in [0.2, 0.25) is 0 Å². The lowest BCUT2D eigenvalue weighted by atomic mass is 9.81. The summed E-state index contributed by atoms with van der Waals surface area (Å²) in [5, 5.41) is 1.01. The smallest absolute Gasteiger partial charge is 0.303 e. The lowest BCUT2D eigenvalue weighted by Crippen LogP contribution is -2.47. The van der Waals surface area contributed by atoms with Gasteiger partial charge >= 0.3 is 10.2 Å². The predicted molar refractivity (Wildman–Crippen MR) is 183 cm³/mol. The fourth-order valence-corrected chi connectivity index (χ4v) is 7.51. The molecule has 2 aromatic carbocycles. The Morgan fingerprint density at radius 1 is 1.06 bits per heavy atom. The number of methoxy groups -OCH3 is 2. The van der Waals surface area contributed by atoms with Crippen molar-refractivity contribution < 1.29 is 32.2 Å². The number of hydrogen-bond donors (Lipinski definition) is 1. The minimum Gasteiger partial charge on any atom is -0.497 e. The summed E-state index contributed by atoms with van der Waals surface area (Å²) in [5.74, 6) is 0.201. The summed E-state index contributed by atoms with van der Waals surface area (Å²) in [6.07, 6.45) is 7.33. The van der Waals surface area contributed by atoms with Crippen LogP contribution in [0, 0.1) is 0 Å². The summed E-state index contributed by atoms with van der Waals surface area (Å²) in [7, 11) is 2.00. The summed E-state index contributed by atoms with van der Waals surface area (Å²) in [5.41, 5.74) is 5.72. The predicted octanol–water partition coefficient (Wildman–Crippen LogP) is 4.81. The van der Waals surface area contributed by atoms with Crippen molar-refractivity contribution in [2.45, 2.75) is 58.1 Å². The topological polar surface area (TPSA) is 119 Å². The third kappa shape index (κ3) is 6.83. The Morgan fingerprint density at radius 3 is 2.53 bits per heavy atom. The van der Waals surface area contributed by atoms with Crippen molar-refractivity contribution in [3.8, 4) is 17.0 Å². The molecule has 0 unspecified atom stereocenters. The molecule has 0 bridgehead atoms. The van der Waals surface area contributed by atoms with Crippen molar-refractivity contribution in [1.29, 1.82) is 0 Å². The first kappa shape index (κ1) is 34.6. The maximum Gasteiger partial charge on any atom is 0.303 e. The number of carbonyl (C=O) groups is 2. The van der Waals surface area contributed by atoms with Crippen molar-refractivity contribution in [3.05, 3.63) is 58.7 Å². The average Bonchev–Trinajstić information content (AvgIpc) is 3.27. The maximum atomic E-state index is 14.3. The van der Waals surface area contributed by atoms with Gasteiger partial charge in [-0.1, -0.05) is 32.8 Å². The van der Waals surface area contributed by atoms with Crippen LogP contribution in [0.15, 0.2) is 42.0 Å². The molecule has 2 fully saturated rings. The van der Waals surface area contributed by atoms with E-state index in [0.29, 0.717) is 43.5 Å². The number of carbonyl (C=O) groups excluding carboxylic acids is 2. The van der Waals surface area contributed by atoms with Crippen molar-refractivity contribution >= 4 is 39.0 Å². The van der Waals surface area contributed by atoms with E-state index in [-0.39, 0.29) is 31.5 Å². The van der Waals surface area contributed by atoms with E-state index in [4.69, 9.17) is 14.2 Å². The molecule has 254 valence electrons. The van der Waals surface area contributed by atoms with Gasteiger partial charge in [-0.3, -0.25) is 9.59 Å². The third-order valence-corrected chi connectivity index (χ3v) is 10.7. The van der Waals surface area contributed by atoms with Gasteiger partial charge < -0.3 is 23.7 Å². The van der Waals surface area contributed by atoms with Crippen LogP contribution in [0.5, 0.6) is 5.75 Å². The van der Waals surface area contributed by atoms with Crippen LogP contribution in [0.25, 0.3) is 28.2 Å². The molecule has 1 saturated heterocycles. The van der Waals surface area contributed by atoms with Crippen LogP contribution >= 0.6 is 0 Å². The zero-order valence-electron chi connectivity index (χ0n) is 26.9. The molecule has 3 aliphatic rings. The van der Waals surface area contributed by atoms with E-state index in [0.717, 1.165) is 57.7 Å². The van der Waals surface area contributed by atoms with Crippen molar-refractivity contribution in [3.63, 3.8) is 0 Å². The molecule has 3 heterocycles. The van der Waals surface area contributed by atoms with Crippen LogP contribution < -0.4 is 9.46 Å². The zero-order valence-corrected chi connectivity index (χ0v) is 27.7. The quantitative estimate of drug-likeness (QED) is 0.367. The van der Waals surface area contributed by atoms with Gasteiger partial charge in [0.25, 0.3) is 11.8 Å². The fraction of sp³-hybridized carbons (Fsp3) is 0.486. The van der Waals surface area contributed by atoms with E-state index < -0.39 is 16.1 Å². The van der Waals surface area contributed by atoms with Gasteiger partial charge in [-0.05, 0) is 66.3 Å². The first-order valence-corrected chi connectivity index (χ1v) is 17.2. The first-order chi connectivity index (χ1) is 22.1. The Hall–Kier alpha value is -3.71. The van der Waals surface area contributed by atoms with Crippen LogP contribution in [-0.4, -0.2) is 94.7 Å². The molecule has 3 aromatic rings. The van der Waals surface area contributed by atoms with Crippen molar-refractivity contribution in [2.24, 2.45) is 0 Å². The maximum absolute atomic E-state index is 14.3. The second-order valence-electron chi connectivity index (χ2n) is 12.5. The number of amides is 2. The number of morpholine rings is 1. The van der Waals surface area contributed by atoms with E-state index in [1.54, 1.807) is 26.4 Å². The Kier molecular flexibility index (Phi) is 10.4. The molecule has 2 amide bonds. The number of benzene rings is 2. The molecule has 2 aliphatic heterocycles. The number of nitrogens with one attached hydrogen (secondary N) is 1. The number of aromatic nitrogens is 1. The standard InChI is InChI=1S/C34H42N4O7S.CH4/c1-36(2)46(41,42)35-33(39)23-10-12-29-30(18-23)38-19-25(34(40)37-14-15-45-27(20-37)21-43-3)16-24-17-26(44-4)11-13-28(24)32(38)31(29)22-8-6-5-7-9-22;/h10-13,16-18,22,27H,5-9,14-15,19-21H2,1-4H3,(H,35,39);1H4/t27-;/m0./s1. The largest absolute Gasteiger partial charge is 0.497 e. The molecule has 1 aromatic heterocycles. The molecule has 1 aliphatic carbocycles. The molecular weight excluding hydrogens is 620 g/mol. The van der Waals surface area contributed by atoms with Crippen molar-refractivity contribution in [2.75, 3.05) is 54.6 Å². The molecule has 0 radical (unpaired) electrons. The van der Waals surface area contributed by atoms with Crippen LogP contribution in [0.4, 0.5) is 0 Å².